The fraction of sp³-hybridized carbons (Fsp3) is 0.200. The monoisotopic (exact) mass is 280 g/mol. The largest absolute Gasteiger partial charge is 0.382 e. The SMILES string of the molecule is Cc1cc(-c2ncc(N)nc2-c2cnn(C)c2)cc(C)n1. The van der Waals surface area contributed by atoms with Crippen molar-refractivity contribution in [1.82, 2.24) is 24.7 Å². The second-order valence-electron chi connectivity index (χ2n) is 5.03. The fourth-order valence-corrected chi connectivity index (χ4v) is 2.33. The van der Waals surface area contributed by atoms with Crippen molar-refractivity contribution in [2.24, 2.45) is 7.05 Å². The molecule has 6 nitrogen and oxygen atoms in total. The van der Waals surface area contributed by atoms with Gasteiger partial charge in [0.1, 0.15) is 11.5 Å². The van der Waals surface area contributed by atoms with Gasteiger partial charge in [-0.1, -0.05) is 0 Å². The zero-order chi connectivity index (χ0) is 15.0. The third kappa shape index (κ3) is 2.60. The van der Waals surface area contributed by atoms with Gasteiger partial charge in [0.15, 0.2) is 0 Å². The Labute approximate surface area is 122 Å². The van der Waals surface area contributed by atoms with Crippen molar-refractivity contribution in [2.75, 3.05) is 5.73 Å². The van der Waals surface area contributed by atoms with E-state index in [0.29, 0.717) is 5.82 Å². The van der Waals surface area contributed by atoms with E-state index in [-0.39, 0.29) is 0 Å². The predicted octanol–water partition coefficient (Wildman–Crippen LogP) is 2.14. The number of hydrogen-bond acceptors (Lipinski definition) is 5. The van der Waals surface area contributed by atoms with Crippen molar-refractivity contribution in [2.45, 2.75) is 13.8 Å². The molecule has 3 rings (SSSR count). The van der Waals surface area contributed by atoms with Gasteiger partial charge in [0.25, 0.3) is 0 Å². The van der Waals surface area contributed by atoms with E-state index >= 15 is 0 Å². The highest BCUT2D eigenvalue weighted by Gasteiger charge is 2.14. The second-order valence-corrected chi connectivity index (χ2v) is 5.03. The third-order valence-corrected chi connectivity index (χ3v) is 3.12. The Morgan fingerprint density at radius 2 is 1.67 bits per heavy atom. The molecular weight excluding hydrogens is 264 g/mol. The maximum absolute atomic E-state index is 5.80. The summed E-state index contributed by atoms with van der Waals surface area (Å²) in [4.78, 5) is 13.3. The van der Waals surface area contributed by atoms with Crippen molar-refractivity contribution in [3.63, 3.8) is 0 Å². The van der Waals surface area contributed by atoms with Crippen LogP contribution in [0, 0.1) is 13.8 Å². The van der Waals surface area contributed by atoms with Crippen molar-refractivity contribution in [1.29, 1.82) is 0 Å². The summed E-state index contributed by atoms with van der Waals surface area (Å²) >= 11 is 0. The first kappa shape index (κ1) is 13.2. The van der Waals surface area contributed by atoms with Gasteiger partial charge in [-0.15, -0.1) is 0 Å². The quantitative estimate of drug-likeness (QED) is 0.777. The number of anilines is 1. The van der Waals surface area contributed by atoms with Gasteiger partial charge in [0, 0.05) is 35.8 Å². The number of nitrogen functional groups attached to an aromatic ring is 1. The molecule has 0 fully saturated rings. The molecule has 21 heavy (non-hydrogen) atoms. The lowest BCUT2D eigenvalue weighted by Gasteiger charge is -2.09. The Kier molecular flexibility index (Phi) is 3.13. The summed E-state index contributed by atoms with van der Waals surface area (Å²) in [5, 5.41) is 4.19. The molecule has 0 bridgehead atoms. The molecule has 0 aliphatic rings. The summed E-state index contributed by atoms with van der Waals surface area (Å²) in [6, 6.07) is 3.99. The molecule has 3 aromatic heterocycles. The van der Waals surface area contributed by atoms with Crippen LogP contribution in [0.25, 0.3) is 22.5 Å². The van der Waals surface area contributed by atoms with E-state index in [1.54, 1.807) is 17.1 Å². The van der Waals surface area contributed by atoms with E-state index in [1.165, 1.54) is 0 Å². The Morgan fingerprint density at radius 1 is 0.952 bits per heavy atom. The summed E-state index contributed by atoms with van der Waals surface area (Å²) in [5.74, 6) is 0.389. The standard InChI is InChI=1S/C15H16N6/c1-9-4-11(5-10(2)19-9)14-15(20-13(16)7-17-14)12-6-18-21(3)8-12/h4-8H,1-3H3,(H2,16,20). The predicted molar refractivity (Wildman–Crippen MR) is 81.4 cm³/mol. The first-order chi connectivity index (χ1) is 10.0. The Bertz CT molecular complexity index is 785. The second kappa shape index (κ2) is 4.97. The number of aryl methyl sites for hydroxylation is 3. The van der Waals surface area contributed by atoms with E-state index in [2.05, 4.69) is 20.1 Å². The molecule has 6 heteroatoms. The van der Waals surface area contributed by atoms with Gasteiger partial charge in [-0.25, -0.2) is 4.98 Å². The van der Waals surface area contributed by atoms with E-state index in [4.69, 9.17) is 5.73 Å². The lowest BCUT2D eigenvalue weighted by molar-refractivity contribution is 0.768. The summed E-state index contributed by atoms with van der Waals surface area (Å²) in [6.45, 7) is 3.93. The number of nitrogens with two attached hydrogens (primary N) is 1. The van der Waals surface area contributed by atoms with Crippen molar-refractivity contribution in [3.05, 3.63) is 42.1 Å². The number of hydrogen-bond donors (Lipinski definition) is 1. The summed E-state index contributed by atoms with van der Waals surface area (Å²) in [5.41, 5.74) is 11.1. The molecule has 2 N–H and O–H groups in total. The van der Waals surface area contributed by atoms with Crippen LogP contribution in [0.15, 0.2) is 30.7 Å². The van der Waals surface area contributed by atoms with E-state index < -0.39 is 0 Å². The first-order valence-electron chi connectivity index (χ1n) is 6.60. The highest BCUT2D eigenvalue weighted by atomic mass is 15.2. The molecule has 0 aliphatic heterocycles. The molecule has 0 aromatic carbocycles. The topological polar surface area (TPSA) is 82.5 Å². The van der Waals surface area contributed by atoms with E-state index in [9.17, 15) is 0 Å². The van der Waals surface area contributed by atoms with Crippen LogP contribution in [-0.2, 0) is 7.05 Å². The van der Waals surface area contributed by atoms with Crippen LogP contribution in [0.5, 0.6) is 0 Å². The summed E-state index contributed by atoms with van der Waals surface area (Å²) in [7, 11) is 1.86. The van der Waals surface area contributed by atoms with Crippen LogP contribution in [0.4, 0.5) is 5.82 Å². The average Bonchev–Trinajstić information content (AvgIpc) is 2.84. The molecule has 0 spiro atoms. The molecule has 0 saturated heterocycles. The van der Waals surface area contributed by atoms with Gasteiger partial charge in [-0.3, -0.25) is 14.6 Å². The zero-order valence-electron chi connectivity index (χ0n) is 12.2. The van der Waals surface area contributed by atoms with Gasteiger partial charge < -0.3 is 5.73 Å². The minimum atomic E-state index is 0.389. The average molecular weight is 280 g/mol. The molecule has 0 unspecified atom stereocenters. The van der Waals surface area contributed by atoms with Gasteiger partial charge in [-0.05, 0) is 26.0 Å². The van der Waals surface area contributed by atoms with Gasteiger partial charge in [0.05, 0.1) is 18.1 Å². The van der Waals surface area contributed by atoms with E-state index in [0.717, 1.165) is 33.9 Å². The molecule has 3 heterocycles. The molecule has 106 valence electrons. The third-order valence-electron chi connectivity index (χ3n) is 3.12. The highest BCUT2D eigenvalue weighted by molar-refractivity contribution is 5.78. The van der Waals surface area contributed by atoms with Crippen molar-refractivity contribution >= 4 is 5.82 Å². The van der Waals surface area contributed by atoms with Crippen LogP contribution in [0.2, 0.25) is 0 Å². The molecule has 0 aliphatic carbocycles. The smallest absolute Gasteiger partial charge is 0.142 e. The number of nitrogens with zero attached hydrogens (tertiary/aromatic N) is 5. The van der Waals surface area contributed by atoms with Crippen molar-refractivity contribution in [3.8, 4) is 22.5 Å². The van der Waals surface area contributed by atoms with Crippen molar-refractivity contribution < 1.29 is 0 Å². The normalized spacial score (nSPS) is 10.8. The molecular formula is C15H16N6. The molecule has 0 atom stereocenters. The summed E-state index contributed by atoms with van der Waals surface area (Å²) < 4.78 is 1.73. The Hall–Kier alpha value is -2.76. The molecule has 0 saturated carbocycles. The summed E-state index contributed by atoms with van der Waals surface area (Å²) in [6.07, 6.45) is 5.22. The Balaban J connectivity index is 2.23. The first-order valence-corrected chi connectivity index (χ1v) is 6.60. The molecule has 0 radical (unpaired) electrons. The fourth-order valence-electron chi connectivity index (χ4n) is 2.33. The highest BCUT2D eigenvalue weighted by Crippen LogP contribution is 2.29. The Morgan fingerprint density at radius 3 is 2.29 bits per heavy atom. The zero-order valence-corrected chi connectivity index (χ0v) is 12.2. The van der Waals surface area contributed by atoms with Crippen LogP contribution < -0.4 is 5.73 Å². The van der Waals surface area contributed by atoms with Crippen LogP contribution in [0.3, 0.4) is 0 Å². The van der Waals surface area contributed by atoms with Gasteiger partial charge in [0.2, 0.25) is 0 Å². The minimum absolute atomic E-state index is 0.389. The molecule has 3 aromatic rings. The van der Waals surface area contributed by atoms with Crippen LogP contribution >= 0.6 is 0 Å². The van der Waals surface area contributed by atoms with E-state index in [1.807, 2.05) is 39.2 Å². The number of aromatic nitrogens is 5. The van der Waals surface area contributed by atoms with Gasteiger partial charge >= 0.3 is 0 Å². The lowest BCUT2D eigenvalue weighted by atomic mass is 10.1. The maximum atomic E-state index is 5.80. The van der Waals surface area contributed by atoms with Gasteiger partial charge in [-0.2, -0.15) is 5.10 Å². The lowest BCUT2D eigenvalue weighted by Crippen LogP contribution is -1.99. The number of rotatable bonds is 2. The van der Waals surface area contributed by atoms with Crippen LogP contribution in [-0.4, -0.2) is 24.7 Å². The number of pyridine rings is 1. The molecule has 0 amide bonds. The maximum Gasteiger partial charge on any atom is 0.142 e. The van der Waals surface area contributed by atoms with Crippen LogP contribution in [0.1, 0.15) is 11.4 Å². The minimum Gasteiger partial charge on any atom is -0.382 e.